The van der Waals surface area contributed by atoms with Crippen LogP contribution in [0.1, 0.15) is 28.8 Å². The Kier molecular flexibility index (Phi) is 4.46. The van der Waals surface area contributed by atoms with E-state index >= 15 is 0 Å². The van der Waals surface area contributed by atoms with Gasteiger partial charge >= 0.3 is 0 Å². The van der Waals surface area contributed by atoms with Gasteiger partial charge in [-0.1, -0.05) is 0 Å². The number of rotatable bonds is 4. The van der Waals surface area contributed by atoms with E-state index in [-0.39, 0.29) is 11.1 Å². The number of phenolic OH excluding ortho intramolecular Hbond substituents is 1. The molecule has 6 heteroatoms. The van der Waals surface area contributed by atoms with Crippen LogP contribution in [0.4, 0.5) is 15.8 Å². The Morgan fingerprint density at radius 2 is 1.88 bits per heavy atom. The Morgan fingerprint density at radius 1 is 1.21 bits per heavy atom. The van der Waals surface area contributed by atoms with Crippen LogP contribution in [0, 0.1) is 11.2 Å². The number of hydrogen-bond acceptors (Lipinski definition) is 4. The molecule has 1 aliphatic heterocycles. The van der Waals surface area contributed by atoms with Crippen molar-refractivity contribution in [2.45, 2.75) is 12.8 Å². The van der Waals surface area contributed by atoms with Gasteiger partial charge in [0.1, 0.15) is 0 Å². The van der Waals surface area contributed by atoms with Gasteiger partial charge in [-0.15, -0.1) is 0 Å². The monoisotopic (exact) mass is 327 g/mol. The first kappa shape index (κ1) is 16.0. The average molecular weight is 327 g/mol. The predicted molar refractivity (Wildman–Crippen MR) is 91.8 cm³/mol. The summed E-state index contributed by atoms with van der Waals surface area (Å²) in [4.78, 5) is 14.5. The average Bonchev–Trinajstić information content (AvgIpc) is 3.12. The number of benzene rings is 2. The normalized spacial score (nSPS) is 13.8. The number of carbonyl (C=O) groups is 1. The van der Waals surface area contributed by atoms with Crippen molar-refractivity contribution in [2.75, 3.05) is 23.3 Å². The van der Waals surface area contributed by atoms with Crippen molar-refractivity contribution in [1.29, 1.82) is 5.41 Å². The second-order valence-electron chi connectivity index (χ2n) is 5.74. The second-order valence-corrected chi connectivity index (χ2v) is 5.74. The van der Waals surface area contributed by atoms with Gasteiger partial charge < -0.3 is 20.7 Å². The molecule has 0 radical (unpaired) electrons. The van der Waals surface area contributed by atoms with Gasteiger partial charge in [-0.05, 0) is 49.2 Å². The molecule has 0 saturated carbocycles. The van der Waals surface area contributed by atoms with Crippen LogP contribution < -0.4 is 10.2 Å². The zero-order valence-electron chi connectivity index (χ0n) is 13.1. The molecule has 3 N–H and O–H groups in total. The number of nitrogens with one attached hydrogen (secondary N) is 2. The van der Waals surface area contributed by atoms with Crippen LogP contribution in [-0.2, 0) is 0 Å². The van der Waals surface area contributed by atoms with E-state index in [4.69, 9.17) is 5.41 Å². The van der Waals surface area contributed by atoms with Gasteiger partial charge in [0, 0.05) is 41.8 Å². The van der Waals surface area contributed by atoms with Crippen LogP contribution in [0.5, 0.6) is 5.75 Å². The summed E-state index contributed by atoms with van der Waals surface area (Å²) >= 11 is 0. The highest BCUT2D eigenvalue weighted by atomic mass is 19.1. The second kappa shape index (κ2) is 6.70. The summed E-state index contributed by atoms with van der Waals surface area (Å²) in [7, 11) is 0. The van der Waals surface area contributed by atoms with Crippen LogP contribution in [0.25, 0.3) is 0 Å². The molecular formula is C18H18FN3O2. The van der Waals surface area contributed by atoms with Crippen molar-refractivity contribution in [3.8, 4) is 5.75 Å². The van der Waals surface area contributed by atoms with E-state index in [0.29, 0.717) is 5.69 Å². The van der Waals surface area contributed by atoms with Gasteiger partial charge in [0.05, 0.1) is 0 Å². The lowest BCUT2D eigenvalue weighted by Crippen LogP contribution is -2.17. The molecule has 1 amide bonds. The molecule has 2 aromatic carbocycles. The third kappa shape index (κ3) is 3.22. The topological polar surface area (TPSA) is 76.4 Å². The van der Waals surface area contributed by atoms with Gasteiger partial charge in [0.15, 0.2) is 11.6 Å². The summed E-state index contributed by atoms with van der Waals surface area (Å²) < 4.78 is 13.6. The maximum atomic E-state index is 13.6. The molecule has 0 spiro atoms. The Balaban J connectivity index is 1.75. The molecule has 0 bridgehead atoms. The lowest BCUT2D eigenvalue weighted by Gasteiger charge is -2.17. The first-order valence-electron chi connectivity index (χ1n) is 7.78. The Hall–Kier alpha value is -2.89. The lowest BCUT2D eigenvalue weighted by atomic mass is 10.1. The van der Waals surface area contributed by atoms with Crippen LogP contribution >= 0.6 is 0 Å². The molecule has 24 heavy (non-hydrogen) atoms. The molecule has 0 unspecified atom stereocenters. The van der Waals surface area contributed by atoms with E-state index in [9.17, 15) is 14.3 Å². The van der Waals surface area contributed by atoms with Crippen LogP contribution in [0.15, 0.2) is 36.4 Å². The summed E-state index contributed by atoms with van der Waals surface area (Å²) in [5, 5.41) is 19.3. The number of aromatic hydroxyl groups is 1. The summed E-state index contributed by atoms with van der Waals surface area (Å²) in [6, 6.07) is 9.73. The Bertz CT molecular complexity index is 769. The molecule has 124 valence electrons. The molecule has 0 aliphatic carbocycles. The highest BCUT2D eigenvalue weighted by Gasteiger charge is 2.15. The number of carbonyl (C=O) groups excluding carboxylic acids is 1. The van der Waals surface area contributed by atoms with Gasteiger partial charge in [-0.2, -0.15) is 0 Å². The smallest absolute Gasteiger partial charge is 0.255 e. The van der Waals surface area contributed by atoms with E-state index in [0.717, 1.165) is 31.1 Å². The molecule has 0 atom stereocenters. The van der Waals surface area contributed by atoms with Crippen LogP contribution in [0.2, 0.25) is 0 Å². The fourth-order valence-corrected chi connectivity index (χ4v) is 2.80. The number of phenols is 1. The summed E-state index contributed by atoms with van der Waals surface area (Å²) in [5.74, 6) is -2.05. The van der Waals surface area contributed by atoms with Crippen LogP contribution in [0.3, 0.4) is 0 Å². The zero-order valence-corrected chi connectivity index (χ0v) is 13.1. The first-order valence-corrected chi connectivity index (χ1v) is 7.78. The highest BCUT2D eigenvalue weighted by molar-refractivity contribution is 6.05. The maximum absolute atomic E-state index is 13.6. The number of amides is 1. The van der Waals surface area contributed by atoms with Crippen molar-refractivity contribution < 1.29 is 14.3 Å². The number of anilines is 2. The SMILES string of the molecule is N=Cc1cc(C(=O)Nc2ccc(N3CCCC3)cc2)cc(F)c1O. The quantitative estimate of drug-likeness (QED) is 0.754. The third-order valence-corrected chi connectivity index (χ3v) is 4.11. The van der Waals surface area contributed by atoms with E-state index in [1.807, 2.05) is 12.1 Å². The van der Waals surface area contributed by atoms with E-state index < -0.39 is 17.5 Å². The molecule has 5 nitrogen and oxygen atoms in total. The Morgan fingerprint density at radius 3 is 2.50 bits per heavy atom. The molecule has 1 aliphatic rings. The van der Waals surface area contributed by atoms with Crippen LogP contribution in [-0.4, -0.2) is 30.3 Å². The third-order valence-electron chi connectivity index (χ3n) is 4.11. The zero-order chi connectivity index (χ0) is 17.1. The minimum Gasteiger partial charge on any atom is -0.504 e. The maximum Gasteiger partial charge on any atom is 0.255 e. The number of hydrogen-bond donors (Lipinski definition) is 3. The summed E-state index contributed by atoms with van der Waals surface area (Å²) in [6.45, 7) is 2.09. The van der Waals surface area contributed by atoms with Gasteiger partial charge in [0.2, 0.25) is 0 Å². The van der Waals surface area contributed by atoms with E-state index in [1.165, 1.54) is 18.9 Å². The largest absolute Gasteiger partial charge is 0.504 e. The first-order chi connectivity index (χ1) is 11.6. The predicted octanol–water partition coefficient (Wildman–Crippen LogP) is 3.38. The van der Waals surface area contributed by atoms with Gasteiger partial charge in [-0.25, -0.2) is 4.39 Å². The Labute approximate surface area is 139 Å². The molecule has 3 rings (SSSR count). The van der Waals surface area contributed by atoms with Crippen molar-refractivity contribution in [3.05, 3.63) is 53.3 Å². The molecule has 0 aromatic heterocycles. The highest BCUT2D eigenvalue weighted by Crippen LogP contribution is 2.24. The summed E-state index contributed by atoms with van der Waals surface area (Å²) in [6.07, 6.45) is 3.19. The lowest BCUT2D eigenvalue weighted by molar-refractivity contribution is 0.102. The minimum absolute atomic E-state index is 0.0375. The molecule has 1 heterocycles. The molecular weight excluding hydrogens is 309 g/mol. The standard InChI is InChI=1S/C18H18FN3O2/c19-16-10-12(9-13(11-20)17(16)23)18(24)21-14-3-5-15(6-4-14)22-7-1-2-8-22/h3-6,9-11,20,23H,1-2,7-8H2,(H,21,24). The van der Waals surface area contributed by atoms with E-state index in [2.05, 4.69) is 10.2 Å². The van der Waals surface area contributed by atoms with Crippen molar-refractivity contribution in [2.24, 2.45) is 0 Å². The minimum atomic E-state index is -0.925. The number of halogens is 1. The summed E-state index contributed by atoms with van der Waals surface area (Å²) in [5.41, 5.74) is 1.73. The van der Waals surface area contributed by atoms with Gasteiger partial charge in [-0.3, -0.25) is 4.79 Å². The number of nitrogens with zero attached hydrogens (tertiary/aromatic N) is 1. The fourth-order valence-electron chi connectivity index (χ4n) is 2.80. The molecule has 2 aromatic rings. The molecule has 1 fully saturated rings. The van der Waals surface area contributed by atoms with Crippen molar-refractivity contribution in [1.82, 2.24) is 0 Å². The van der Waals surface area contributed by atoms with Crippen molar-refractivity contribution >= 4 is 23.5 Å². The molecule has 1 saturated heterocycles. The van der Waals surface area contributed by atoms with Gasteiger partial charge in [0.25, 0.3) is 5.91 Å². The van der Waals surface area contributed by atoms with Crippen molar-refractivity contribution in [3.63, 3.8) is 0 Å². The fraction of sp³-hybridized carbons (Fsp3) is 0.222. The van der Waals surface area contributed by atoms with E-state index in [1.54, 1.807) is 12.1 Å².